The van der Waals surface area contributed by atoms with E-state index in [1.165, 1.54) is 6.42 Å². The molecule has 1 amide bonds. The number of hydrogen-bond donors (Lipinski definition) is 3. The van der Waals surface area contributed by atoms with Crippen LogP contribution in [0.3, 0.4) is 0 Å². The van der Waals surface area contributed by atoms with Gasteiger partial charge < -0.3 is 25.9 Å². The smallest absolute Gasteiger partial charge is 0.234 e. The minimum atomic E-state index is -0.940. The SMILES string of the molecule is CN(C)C1(CNC(=O)C2(C(N)=NO)CCOCC2)CCC1. The van der Waals surface area contributed by atoms with Crippen LogP contribution in [-0.4, -0.2) is 61.2 Å². The molecular formula is C14H26N4O3. The predicted molar refractivity (Wildman–Crippen MR) is 79.2 cm³/mol. The summed E-state index contributed by atoms with van der Waals surface area (Å²) in [6, 6.07) is 0. The van der Waals surface area contributed by atoms with Crippen LogP contribution in [0, 0.1) is 5.41 Å². The van der Waals surface area contributed by atoms with Gasteiger partial charge in [0.1, 0.15) is 5.41 Å². The van der Waals surface area contributed by atoms with Crippen molar-refractivity contribution in [2.24, 2.45) is 16.3 Å². The highest BCUT2D eigenvalue weighted by Crippen LogP contribution is 2.36. The summed E-state index contributed by atoms with van der Waals surface area (Å²) in [5.41, 5.74) is 4.91. The number of likely N-dealkylation sites (N-methyl/N-ethyl adjacent to an activating group) is 1. The van der Waals surface area contributed by atoms with Gasteiger partial charge in [-0.15, -0.1) is 0 Å². The Labute approximate surface area is 125 Å². The van der Waals surface area contributed by atoms with Crippen molar-refractivity contribution >= 4 is 11.7 Å². The molecule has 1 heterocycles. The Hall–Kier alpha value is -1.34. The lowest BCUT2D eigenvalue weighted by Gasteiger charge is -2.48. The lowest BCUT2D eigenvalue weighted by molar-refractivity contribution is -0.132. The fraction of sp³-hybridized carbons (Fsp3) is 0.857. The van der Waals surface area contributed by atoms with E-state index in [1.54, 1.807) is 0 Å². The number of carbonyl (C=O) groups is 1. The van der Waals surface area contributed by atoms with Crippen molar-refractivity contribution in [3.05, 3.63) is 0 Å². The van der Waals surface area contributed by atoms with Gasteiger partial charge in [0.25, 0.3) is 0 Å². The van der Waals surface area contributed by atoms with Crippen LogP contribution in [0.25, 0.3) is 0 Å². The largest absolute Gasteiger partial charge is 0.409 e. The van der Waals surface area contributed by atoms with Gasteiger partial charge in [-0.05, 0) is 46.2 Å². The summed E-state index contributed by atoms with van der Waals surface area (Å²) in [6.45, 7) is 1.49. The van der Waals surface area contributed by atoms with Crippen LogP contribution < -0.4 is 11.1 Å². The lowest BCUT2D eigenvalue weighted by atomic mass is 9.74. The number of nitrogens with two attached hydrogens (primary N) is 1. The molecule has 0 spiro atoms. The van der Waals surface area contributed by atoms with E-state index >= 15 is 0 Å². The van der Waals surface area contributed by atoms with Crippen LogP contribution in [0.5, 0.6) is 0 Å². The van der Waals surface area contributed by atoms with Crippen LogP contribution in [0.1, 0.15) is 32.1 Å². The number of oxime groups is 1. The molecule has 0 atom stereocenters. The normalized spacial score (nSPS) is 24.4. The van der Waals surface area contributed by atoms with Gasteiger partial charge in [-0.25, -0.2) is 0 Å². The Morgan fingerprint density at radius 2 is 1.95 bits per heavy atom. The van der Waals surface area contributed by atoms with Crippen molar-refractivity contribution in [1.29, 1.82) is 0 Å². The highest BCUT2D eigenvalue weighted by Gasteiger charge is 2.46. The molecule has 0 aromatic rings. The second-order valence-corrected chi connectivity index (χ2v) is 6.33. The maximum atomic E-state index is 12.7. The average molecular weight is 298 g/mol. The van der Waals surface area contributed by atoms with Crippen LogP contribution in [0.15, 0.2) is 5.16 Å². The molecule has 1 aliphatic heterocycles. The van der Waals surface area contributed by atoms with Crippen molar-refractivity contribution in [3.8, 4) is 0 Å². The first-order chi connectivity index (χ1) is 9.97. The topological polar surface area (TPSA) is 100 Å². The molecule has 4 N–H and O–H groups in total. The molecule has 0 aromatic carbocycles. The number of carbonyl (C=O) groups excluding carboxylic acids is 1. The van der Waals surface area contributed by atoms with E-state index in [0.717, 1.165) is 12.8 Å². The van der Waals surface area contributed by atoms with E-state index in [1.807, 2.05) is 14.1 Å². The molecule has 7 nitrogen and oxygen atoms in total. The van der Waals surface area contributed by atoms with E-state index in [9.17, 15) is 4.79 Å². The van der Waals surface area contributed by atoms with Gasteiger partial charge in [-0.1, -0.05) is 5.16 Å². The van der Waals surface area contributed by atoms with E-state index < -0.39 is 5.41 Å². The summed E-state index contributed by atoms with van der Waals surface area (Å²) in [6.07, 6.45) is 4.25. The summed E-state index contributed by atoms with van der Waals surface area (Å²) in [4.78, 5) is 14.9. The highest BCUT2D eigenvalue weighted by atomic mass is 16.5. The molecule has 120 valence electrons. The first-order valence-corrected chi connectivity index (χ1v) is 7.48. The van der Waals surface area contributed by atoms with Crippen molar-refractivity contribution in [2.75, 3.05) is 33.9 Å². The van der Waals surface area contributed by atoms with Crippen molar-refractivity contribution in [2.45, 2.75) is 37.6 Å². The minimum Gasteiger partial charge on any atom is -0.409 e. The first-order valence-electron chi connectivity index (χ1n) is 7.48. The zero-order chi connectivity index (χ0) is 15.5. The van der Waals surface area contributed by atoms with Crippen molar-refractivity contribution in [1.82, 2.24) is 10.2 Å². The van der Waals surface area contributed by atoms with Crippen LogP contribution in [0.4, 0.5) is 0 Å². The van der Waals surface area contributed by atoms with Crippen LogP contribution >= 0.6 is 0 Å². The maximum absolute atomic E-state index is 12.7. The van der Waals surface area contributed by atoms with Gasteiger partial charge in [0, 0.05) is 25.3 Å². The Bertz CT molecular complexity index is 412. The Morgan fingerprint density at radius 1 is 1.33 bits per heavy atom. The Kier molecular flexibility index (Phi) is 4.73. The molecule has 1 saturated carbocycles. The molecule has 0 bridgehead atoms. The van der Waals surface area contributed by atoms with Crippen LogP contribution in [0.2, 0.25) is 0 Å². The molecule has 7 heteroatoms. The van der Waals surface area contributed by atoms with Gasteiger partial charge in [-0.2, -0.15) is 0 Å². The van der Waals surface area contributed by atoms with Crippen molar-refractivity contribution in [3.63, 3.8) is 0 Å². The number of amidine groups is 1. The number of ether oxygens (including phenoxy) is 1. The number of amides is 1. The van der Waals surface area contributed by atoms with E-state index in [-0.39, 0.29) is 17.3 Å². The third kappa shape index (κ3) is 2.85. The fourth-order valence-electron chi connectivity index (χ4n) is 3.20. The molecule has 0 unspecified atom stereocenters. The molecule has 0 aromatic heterocycles. The molecular weight excluding hydrogens is 272 g/mol. The van der Waals surface area contributed by atoms with Gasteiger partial charge in [0.05, 0.1) is 0 Å². The van der Waals surface area contributed by atoms with Gasteiger partial charge in [0.2, 0.25) is 5.91 Å². The summed E-state index contributed by atoms with van der Waals surface area (Å²) in [5.74, 6) is -0.176. The second-order valence-electron chi connectivity index (χ2n) is 6.33. The minimum absolute atomic E-state index is 0.0178. The number of nitrogens with one attached hydrogen (secondary N) is 1. The molecule has 1 aliphatic carbocycles. The lowest BCUT2D eigenvalue weighted by Crippen LogP contribution is -2.60. The number of nitrogens with zero attached hydrogens (tertiary/aromatic N) is 2. The van der Waals surface area contributed by atoms with E-state index in [4.69, 9.17) is 15.7 Å². The third-order valence-corrected chi connectivity index (χ3v) is 5.19. The zero-order valence-electron chi connectivity index (χ0n) is 12.9. The zero-order valence-corrected chi connectivity index (χ0v) is 12.9. The molecule has 0 radical (unpaired) electrons. The second kappa shape index (κ2) is 6.19. The Balaban J connectivity index is 2.06. The third-order valence-electron chi connectivity index (χ3n) is 5.19. The van der Waals surface area contributed by atoms with Crippen LogP contribution in [-0.2, 0) is 9.53 Å². The predicted octanol–water partition coefficient (Wildman–Crippen LogP) is 0.130. The summed E-state index contributed by atoms with van der Waals surface area (Å²) < 4.78 is 5.31. The fourth-order valence-corrected chi connectivity index (χ4v) is 3.20. The first kappa shape index (κ1) is 16.0. The Morgan fingerprint density at radius 3 is 2.38 bits per heavy atom. The van der Waals surface area contributed by atoms with E-state index in [2.05, 4.69) is 15.4 Å². The highest BCUT2D eigenvalue weighted by molar-refractivity contribution is 6.06. The summed E-state index contributed by atoms with van der Waals surface area (Å²) in [5, 5.41) is 15.1. The monoisotopic (exact) mass is 298 g/mol. The van der Waals surface area contributed by atoms with Gasteiger partial charge in [0.15, 0.2) is 5.84 Å². The van der Waals surface area contributed by atoms with Gasteiger partial charge >= 0.3 is 0 Å². The average Bonchev–Trinajstić information content (AvgIpc) is 2.45. The molecule has 21 heavy (non-hydrogen) atoms. The van der Waals surface area contributed by atoms with Gasteiger partial charge in [-0.3, -0.25) is 4.79 Å². The maximum Gasteiger partial charge on any atom is 0.234 e. The molecule has 2 fully saturated rings. The van der Waals surface area contributed by atoms with Crippen molar-refractivity contribution < 1.29 is 14.7 Å². The van der Waals surface area contributed by atoms with E-state index in [0.29, 0.717) is 32.6 Å². The molecule has 2 aliphatic rings. The quantitative estimate of drug-likeness (QED) is 0.290. The number of rotatable bonds is 5. The molecule has 1 saturated heterocycles. The molecule has 2 rings (SSSR count). The summed E-state index contributed by atoms with van der Waals surface area (Å²) in [7, 11) is 4.08. The summed E-state index contributed by atoms with van der Waals surface area (Å²) >= 11 is 0. The standard InChI is InChI=1S/C14H26N4O3/c1-18(2)13(4-3-5-13)10-16-12(19)14(11(15)17-20)6-8-21-9-7-14/h20H,3-10H2,1-2H3,(H2,15,17)(H,16,19). The number of hydrogen-bond acceptors (Lipinski definition) is 5.